The minimum absolute atomic E-state index is 0.0588. The highest BCUT2D eigenvalue weighted by Gasteiger charge is 2.22. The molecule has 0 fully saturated rings. The lowest BCUT2D eigenvalue weighted by Gasteiger charge is -2.27. The molecule has 5 heteroatoms. The van der Waals surface area contributed by atoms with E-state index in [-0.39, 0.29) is 22.8 Å². The summed E-state index contributed by atoms with van der Waals surface area (Å²) in [5.74, 6) is 0.235. The molecule has 0 aliphatic rings. The molecular formula is C14H23NO3S. The Bertz CT molecular complexity index is 500. The molecule has 0 radical (unpaired) electrons. The molecule has 1 aromatic rings. The van der Waals surface area contributed by atoms with Crippen LogP contribution in [0.3, 0.4) is 0 Å². The molecule has 0 saturated carbocycles. The van der Waals surface area contributed by atoms with Crippen LogP contribution in [0, 0.1) is 11.3 Å². The summed E-state index contributed by atoms with van der Waals surface area (Å²) in [6.45, 7) is 8.60. The standard InChI is InChI=1S/C14H23NO3S/c1-11(14(2,3)4)9-15-19(17,18)13-7-5-12(10-16)6-8-13/h5-8,11,15-16H,9-10H2,1-4H3. The van der Waals surface area contributed by atoms with Crippen molar-refractivity contribution in [2.45, 2.75) is 39.2 Å². The van der Waals surface area contributed by atoms with Crippen molar-refractivity contribution in [3.63, 3.8) is 0 Å². The minimum Gasteiger partial charge on any atom is -0.392 e. The van der Waals surface area contributed by atoms with E-state index in [1.807, 2.05) is 6.92 Å². The summed E-state index contributed by atoms with van der Waals surface area (Å²) < 4.78 is 26.8. The summed E-state index contributed by atoms with van der Waals surface area (Å²) in [6, 6.07) is 6.24. The van der Waals surface area contributed by atoms with Gasteiger partial charge in [0, 0.05) is 6.54 Å². The van der Waals surface area contributed by atoms with Gasteiger partial charge in [-0.2, -0.15) is 0 Å². The molecule has 1 aromatic carbocycles. The third-order valence-electron chi connectivity index (χ3n) is 3.47. The number of rotatable bonds is 5. The van der Waals surface area contributed by atoms with Crippen LogP contribution in [0.25, 0.3) is 0 Å². The van der Waals surface area contributed by atoms with Gasteiger partial charge in [0.05, 0.1) is 11.5 Å². The first-order valence-corrected chi connectivity index (χ1v) is 7.84. The Balaban J connectivity index is 2.76. The normalized spacial score (nSPS) is 14.4. The van der Waals surface area contributed by atoms with Crippen molar-refractivity contribution in [3.8, 4) is 0 Å². The van der Waals surface area contributed by atoms with Gasteiger partial charge < -0.3 is 5.11 Å². The van der Waals surface area contributed by atoms with Gasteiger partial charge in [0.1, 0.15) is 0 Å². The van der Waals surface area contributed by atoms with Crippen molar-refractivity contribution in [2.75, 3.05) is 6.54 Å². The number of aliphatic hydroxyl groups excluding tert-OH is 1. The molecule has 0 amide bonds. The largest absolute Gasteiger partial charge is 0.392 e. The summed E-state index contributed by atoms with van der Waals surface area (Å²) in [7, 11) is -3.47. The zero-order valence-corrected chi connectivity index (χ0v) is 12.8. The predicted octanol–water partition coefficient (Wildman–Crippen LogP) is 2.14. The maximum Gasteiger partial charge on any atom is 0.240 e. The topological polar surface area (TPSA) is 66.4 Å². The molecule has 0 aliphatic carbocycles. The van der Waals surface area contributed by atoms with Gasteiger partial charge in [0.25, 0.3) is 0 Å². The fraction of sp³-hybridized carbons (Fsp3) is 0.571. The van der Waals surface area contributed by atoms with E-state index < -0.39 is 10.0 Å². The van der Waals surface area contributed by atoms with Gasteiger partial charge in [-0.3, -0.25) is 0 Å². The first kappa shape index (κ1) is 16.1. The van der Waals surface area contributed by atoms with E-state index in [9.17, 15) is 8.42 Å². The Labute approximate surface area is 115 Å². The van der Waals surface area contributed by atoms with Crippen LogP contribution in [-0.4, -0.2) is 20.1 Å². The number of hydrogen-bond acceptors (Lipinski definition) is 3. The SMILES string of the molecule is CC(CNS(=O)(=O)c1ccc(CO)cc1)C(C)(C)C. The summed E-state index contributed by atoms with van der Waals surface area (Å²) in [5.41, 5.74) is 0.755. The van der Waals surface area contributed by atoms with Crippen molar-refractivity contribution >= 4 is 10.0 Å². The third-order valence-corrected chi connectivity index (χ3v) is 4.91. The third kappa shape index (κ3) is 4.60. The van der Waals surface area contributed by atoms with E-state index in [0.717, 1.165) is 0 Å². The zero-order valence-electron chi connectivity index (χ0n) is 12.0. The summed E-state index contributed by atoms with van der Waals surface area (Å²) >= 11 is 0. The molecule has 108 valence electrons. The number of aliphatic hydroxyl groups is 1. The number of sulfonamides is 1. The molecule has 0 heterocycles. The molecule has 19 heavy (non-hydrogen) atoms. The molecule has 0 aromatic heterocycles. The van der Waals surface area contributed by atoms with Gasteiger partial charge in [0.15, 0.2) is 0 Å². The average Bonchev–Trinajstić information content (AvgIpc) is 2.35. The van der Waals surface area contributed by atoms with Crippen LogP contribution < -0.4 is 4.72 Å². The number of nitrogens with one attached hydrogen (secondary N) is 1. The molecule has 0 saturated heterocycles. The van der Waals surface area contributed by atoms with E-state index in [2.05, 4.69) is 25.5 Å². The second-order valence-electron chi connectivity index (χ2n) is 5.92. The molecular weight excluding hydrogens is 262 g/mol. The van der Waals surface area contributed by atoms with E-state index in [1.54, 1.807) is 12.1 Å². The van der Waals surface area contributed by atoms with Crippen LogP contribution in [0.1, 0.15) is 33.3 Å². The average molecular weight is 285 g/mol. The monoisotopic (exact) mass is 285 g/mol. The molecule has 0 spiro atoms. The first-order valence-electron chi connectivity index (χ1n) is 6.36. The fourth-order valence-corrected chi connectivity index (χ4v) is 2.53. The molecule has 4 nitrogen and oxygen atoms in total. The second kappa shape index (κ2) is 6.03. The maximum absolute atomic E-state index is 12.1. The smallest absolute Gasteiger partial charge is 0.240 e. The summed E-state index contributed by atoms with van der Waals surface area (Å²) in [6.07, 6.45) is 0. The Morgan fingerprint density at radius 2 is 1.74 bits per heavy atom. The summed E-state index contributed by atoms with van der Waals surface area (Å²) in [5, 5.41) is 8.93. The second-order valence-corrected chi connectivity index (χ2v) is 7.69. The molecule has 1 unspecified atom stereocenters. The van der Waals surface area contributed by atoms with Gasteiger partial charge in [-0.1, -0.05) is 39.8 Å². The lowest BCUT2D eigenvalue weighted by molar-refractivity contribution is 0.263. The molecule has 0 bridgehead atoms. The molecule has 2 N–H and O–H groups in total. The quantitative estimate of drug-likeness (QED) is 0.871. The predicted molar refractivity (Wildman–Crippen MR) is 76.2 cm³/mol. The van der Waals surface area contributed by atoms with Gasteiger partial charge in [0.2, 0.25) is 10.0 Å². The van der Waals surface area contributed by atoms with Crippen LogP contribution in [-0.2, 0) is 16.6 Å². The Morgan fingerprint density at radius 3 is 2.16 bits per heavy atom. The van der Waals surface area contributed by atoms with Crippen LogP contribution in [0.15, 0.2) is 29.2 Å². The highest BCUT2D eigenvalue weighted by Crippen LogP contribution is 2.24. The number of benzene rings is 1. The minimum atomic E-state index is -3.47. The van der Waals surface area contributed by atoms with Crippen LogP contribution in [0.5, 0.6) is 0 Å². The summed E-state index contributed by atoms with van der Waals surface area (Å²) in [4.78, 5) is 0.228. The van der Waals surface area contributed by atoms with Gasteiger partial charge in [-0.15, -0.1) is 0 Å². The van der Waals surface area contributed by atoms with Crippen molar-refractivity contribution in [2.24, 2.45) is 11.3 Å². The van der Waals surface area contributed by atoms with Crippen molar-refractivity contribution in [3.05, 3.63) is 29.8 Å². The lowest BCUT2D eigenvalue weighted by atomic mass is 9.82. The van der Waals surface area contributed by atoms with Crippen LogP contribution >= 0.6 is 0 Å². The highest BCUT2D eigenvalue weighted by molar-refractivity contribution is 7.89. The van der Waals surface area contributed by atoms with Crippen LogP contribution in [0.2, 0.25) is 0 Å². The van der Waals surface area contributed by atoms with E-state index in [1.165, 1.54) is 12.1 Å². The van der Waals surface area contributed by atoms with E-state index >= 15 is 0 Å². The Morgan fingerprint density at radius 1 is 1.21 bits per heavy atom. The van der Waals surface area contributed by atoms with Crippen LogP contribution in [0.4, 0.5) is 0 Å². The van der Waals surface area contributed by atoms with Gasteiger partial charge in [-0.05, 0) is 29.0 Å². The fourth-order valence-electron chi connectivity index (χ4n) is 1.40. The Kier molecular flexibility index (Phi) is 5.12. The number of hydrogen-bond donors (Lipinski definition) is 2. The molecule has 1 atom stereocenters. The molecule has 0 aliphatic heterocycles. The highest BCUT2D eigenvalue weighted by atomic mass is 32.2. The van der Waals surface area contributed by atoms with Gasteiger partial charge in [-0.25, -0.2) is 13.1 Å². The van der Waals surface area contributed by atoms with Crippen molar-refractivity contribution < 1.29 is 13.5 Å². The lowest BCUT2D eigenvalue weighted by Crippen LogP contribution is -2.33. The first-order chi connectivity index (χ1) is 8.66. The van der Waals surface area contributed by atoms with E-state index in [0.29, 0.717) is 12.1 Å². The van der Waals surface area contributed by atoms with Crippen molar-refractivity contribution in [1.82, 2.24) is 4.72 Å². The molecule has 1 rings (SSSR count). The van der Waals surface area contributed by atoms with E-state index in [4.69, 9.17) is 5.11 Å². The maximum atomic E-state index is 12.1. The Hall–Kier alpha value is -0.910. The zero-order chi connectivity index (χ0) is 14.7. The van der Waals surface area contributed by atoms with Crippen molar-refractivity contribution in [1.29, 1.82) is 0 Å². The van der Waals surface area contributed by atoms with Gasteiger partial charge >= 0.3 is 0 Å².